The monoisotopic (exact) mass is 423 g/mol. The fraction of sp³-hybridized carbons (Fsp3) is 0.500. The van der Waals surface area contributed by atoms with Gasteiger partial charge in [0.1, 0.15) is 0 Å². The number of carbonyl (C=O) groups is 1. The number of nitrogens with zero attached hydrogens (tertiary/aromatic N) is 1. The average Bonchev–Trinajstić information content (AvgIpc) is 2.37. The lowest BCUT2D eigenvalue weighted by molar-refractivity contribution is -0.138. The maximum absolute atomic E-state index is 11.8. The Hall–Kier alpha value is -0.670. The minimum atomic E-state index is -3.14. The quantitative estimate of drug-likeness (QED) is 0.750. The fourth-order valence-corrected chi connectivity index (χ4v) is 4.63. The van der Waals surface area contributed by atoms with Gasteiger partial charge in [-0.15, -0.1) is 0 Å². The van der Waals surface area contributed by atoms with Crippen LogP contribution in [-0.4, -0.2) is 48.5 Å². The van der Waals surface area contributed by atoms with Crippen LogP contribution in [-0.2, 0) is 14.6 Å². The summed E-state index contributed by atoms with van der Waals surface area (Å²) in [4.78, 5) is 13.0. The number of carboxylic acids is 1. The van der Waals surface area contributed by atoms with Crippen molar-refractivity contribution in [2.45, 2.75) is 25.4 Å². The number of aliphatic carboxylic acids is 1. The highest BCUT2D eigenvalue weighted by atomic mass is 127. The molecule has 21 heavy (non-hydrogen) atoms. The zero-order chi connectivity index (χ0) is 15.6. The molecule has 1 N–H and O–H groups in total. The first-order chi connectivity index (χ1) is 9.78. The lowest BCUT2D eigenvalue weighted by atomic mass is 10.0. The summed E-state index contributed by atoms with van der Waals surface area (Å²) in [6.07, 6.45) is -0.145. The molecular formula is C14H18INO4S. The summed E-state index contributed by atoms with van der Waals surface area (Å²) in [5.74, 6) is -0.942. The van der Waals surface area contributed by atoms with Crippen LogP contribution >= 0.6 is 22.6 Å². The van der Waals surface area contributed by atoms with Gasteiger partial charge in [-0.25, -0.2) is 8.42 Å². The molecule has 7 heteroatoms. The molecule has 2 unspecified atom stereocenters. The molecule has 5 nitrogen and oxygen atoms in total. The topological polar surface area (TPSA) is 74.7 Å². The number of halogens is 1. The number of hydrogen-bond acceptors (Lipinski definition) is 4. The van der Waals surface area contributed by atoms with E-state index in [4.69, 9.17) is 5.11 Å². The predicted molar refractivity (Wildman–Crippen MR) is 89.0 cm³/mol. The number of hydrogen-bond donors (Lipinski definition) is 1. The SMILES string of the molecule is CC(c1ccc(I)cc1)N1CCS(=O)(=O)CC1CC(=O)O. The predicted octanol–water partition coefficient (Wildman–Crippen LogP) is 1.93. The summed E-state index contributed by atoms with van der Waals surface area (Å²) in [6.45, 7) is 2.38. The maximum Gasteiger partial charge on any atom is 0.304 e. The molecule has 0 saturated carbocycles. The Kier molecular flexibility index (Phi) is 5.26. The normalized spacial score (nSPS) is 23.6. The number of rotatable bonds is 4. The van der Waals surface area contributed by atoms with Gasteiger partial charge in [0.15, 0.2) is 9.84 Å². The van der Waals surface area contributed by atoms with E-state index in [1.54, 1.807) is 0 Å². The standard InChI is InChI=1S/C14H18INO4S/c1-10(11-2-4-12(15)5-3-11)16-6-7-21(19,20)9-13(16)8-14(17)18/h2-5,10,13H,6-9H2,1H3,(H,17,18). The average molecular weight is 423 g/mol. The van der Waals surface area contributed by atoms with E-state index in [1.807, 2.05) is 36.1 Å². The summed E-state index contributed by atoms with van der Waals surface area (Å²) < 4.78 is 24.7. The summed E-state index contributed by atoms with van der Waals surface area (Å²) in [5, 5.41) is 9.02. The molecule has 0 spiro atoms. The van der Waals surface area contributed by atoms with Crippen molar-refractivity contribution in [3.05, 3.63) is 33.4 Å². The summed E-state index contributed by atoms with van der Waals surface area (Å²) in [6, 6.07) is 7.55. The Morgan fingerprint density at radius 3 is 2.62 bits per heavy atom. The van der Waals surface area contributed by atoms with Crippen molar-refractivity contribution in [2.75, 3.05) is 18.1 Å². The van der Waals surface area contributed by atoms with Crippen LogP contribution < -0.4 is 0 Å². The smallest absolute Gasteiger partial charge is 0.304 e. The van der Waals surface area contributed by atoms with E-state index in [0.29, 0.717) is 6.54 Å². The van der Waals surface area contributed by atoms with E-state index >= 15 is 0 Å². The van der Waals surface area contributed by atoms with Gasteiger partial charge < -0.3 is 5.11 Å². The van der Waals surface area contributed by atoms with Gasteiger partial charge in [0.05, 0.1) is 17.9 Å². The van der Waals surface area contributed by atoms with Gasteiger partial charge in [0, 0.05) is 22.2 Å². The molecule has 1 aromatic rings. The van der Waals surface area contributed by atoms with Gasteiger partial charge in [0.25, 0.3) is 0 Å². The first kappa shape index (κ1) is 16.7. The highest BCUT2D eigenvalue weighted by Gasteiger charge is 2.35. The van der Waals surface area contributed by atoms with Crippen LogP contribution in [0.5, 0.6) is 0 Å². The number of benzene rings is 1. The minimum Gasteiger partial charge on any atom is -0.481 e. The molecule has 2 atom stereocenters. The molecule has 0 aliphatic carbocycles. The molecule has 0 radical (unpaired) electrons. The molecule has 0 amide bonds. The van der Waals surface area contributed by atoms with Gasteiger partial charge in [0.2, 0.25) is 0 Å². The van der Waals surface area contributed by atoms with Crippen LogP contribution in [0, 0.1) is 3.57 Å². The second kappa shape index (κ2) is 6.62. The van der Waals surface area contributed by atoms with Crippen molar-refractivity contribution in [1.82, 2.24) is 4.90 Å². The second-order valence-corrected chi connectivity index (χ2v) is 8.81. The van der Waals surface area contributed by atoms with Crippen LogP contribution in [0.1, 0.15) is 24.9 Å². The van der Waals surface area contributed by atoms with Crippen molar-refractivity contribution in [2.24, 2.45) is 0 Å². The summed E-state index contributed by atoms with van der Waals surface area (Å²) >= 11 is 2.23. The van der Waals surface area contributed by atoms with Crippen LogP contribution in [0.15, 0.2) is 24.3 Å². The van der Waals surface area contributed by atoms with Crippen molar-refractivity contribution < 1.29 is 18.3 Å². The Labute approximate surface area is 138 Å². The van der Waals surface area contributed by atoms with E-state index in [2.05, 4.69) is 22.6 Å². The van der Waals surface area contributed by atoms with E-state index in [-0.39, 0.29) is 24.0 Å². The Balaban J connectivity index is 2.22. The van der Waals surface area contributed by atoms with Gasteiger partial charge >= 0.3 is 5.97 Å². The molecule has 1 aliphatic rings. The third-order valence-electron chi connectivity index (χ3n) is 3.84. The number of sulfone groups is 1. The van der Waals surface area contributed by atoms with Crippen molar-refractivity contribution in [1.29, 1.82) is 0 Å². The van der Waals surface area contributed by atoms with Crippen LogP contribution in [0.2, 0.25) is 0 Å². The van der Waals surface area contributed by atoms with Gasteiger partial charge in [-0.1, -0.05) is 12.1 Å². The van der Waals surface area contributed by atoms with Crippen LogP contribution in [0.4, 0.5) is 0 Å². The van der Waals surface area contributed by atoms with Crippen molar-refractivity contribution >= 4 is 38.4 Å². The number of carboxylic acid groups (broad SMARTS) is 1. The highest BCUT2D eigenvalue weighted by Crippen LogP contribution is 2.27. The Morgan fingerprint density at radius 1 is 1.43 bits per heavy atom. The van der Waals surface area contributed by atoms with E-state index < -0.39 is 21.8 Å². The van der Waals surface area contributed by atoms with Crippen LogP contribution in [0.3, 0.4) is 0 Å². The minimum absolute atomic E-state index is 0.00171. The van der Waals surface area contributed by atoms with Gasteiger partial charge in [-0.05, 0) is 47.2 Å². The summed E-state index contributed by atoms with van der Waals surface area (Å²) in [7, 11) is -3.14. The van der Waals surface area contributed by atoms with Crippen molar-refractivity contribution in [3.63, 3.8) is 0 Å². The molecule has 116 valence electrons. The van der Waals surface area contributed by atoms with Gasteiger partial charge in [-0.2, -0.15) is 0 Å². The molecule has 1 saturated heterocycles. The Morgan fingerprint density at radius 2 is 2.05 bits per heavy atom. The first-order valence-corrected chi connectivity index (χ1v) is 9.62. The van der Waals surface area contributed by atoms with Gasteiger partial charge in [-0.3, -0.25) is 9.69 Å². The van der Waals surface area contributed by atoms with Crippen molar-refractivity contribution in [3.8, 4) is 0 Å². The second-order valence-electron chi connectivity index (χ2n) is 5.33. The molecular weight excluding hydrogens is 405 g/mol. The third kappa shape index (κ3) is 4.40. The molecule has 2 rings (SSSR count). The zero-order valence-corrected chi connectivity index (χ0v) is 14.7. The zero-order valence-electron chi connectivity index (χ0n) is 11.7. The summed E-state index contributed by atoms with van der Waals surface area (Å²) in [5.41, 5.74) is 1.07. The third-order valence-corrected chi connectivity index (χ3v) is 6.25. The largest absolute Gasteiger partial charge is 0.481 e. The molecule has 1 aromatic carbocycles. The molecule has 0 aromatic heterocycles. The lowest BCUT2D eigenvalue weighted by Crippen LogP contribution is -2.50. The lowest BCUT2D eigenvalue weighted by Gasteiger charge is -2.39. The maximum atomic E-state index is 11.8. The Bertz CT molecular complexity index is 614. The fourth-order valence-electron chi connectivity index (χ4n) is 2.72. The molecule has 0 bridgehead atoms. The van der Waals surface area contributed by atoms with E-state index in [0.717, 1.165) is 9.13 Å². The first-order valence-electron chi connectivity index (χ1n) is 6.72. The molecule has 1 fully saturated rings. The van der Waals surface area contributed by atoms with Crippen LogP contribution in [0.25, 0.3) is 0 Å². The molecule has 1 aliphatic heterocycles. The van der Waals surface area contributed by atoms with E-state index in [9.17, 15) is 13.2 Å². The molecule has 1 heterocycles. The highest BCUT2D eigenvalue weighted by molar-refractivity contribution is 14.1. The van der Waals surface area contributed by atoms with E-state index in [1.165, 1.54) is 0 Å².